The zero-order valence-electron chi connectivity index (χ0n) is 15.4. The highest BCUT2D eigenvalue weighted by Crippen LogP contribution is 2.16. The summed E-state index contributed by atoms with van der Waals surface area (Å²) in [7, 11) is 0. The lowest BCUT2D eigenvalue weighted by atomic mass is 10.2. The van der Waals surface area contributed by atoms with Crippen molar-refractivity contribution in [1.29, 1.82) is 0 Å². The Morgan fingerprint density at radius 3 is 3.00 bits per heavy atom. The van der Waals surface area contributed by atoms with E-state index >= 15 is 0 Å². The zero-order valence-corrected chi connectivity index (χ0v) is 17.8. The molecule has 2 rings (SSSR count). The second kappa shape index (κ2) is 12.2. The molecule has 142 valence electrons. The van der Waals surface area contributed by atoms with Gasteiger partial charge in [-0.25, -0.2) is 0 Å². The Hall–Kier alpha value is -1.16. The van der Waals surface area contributed by atoms with Gasteiger partial charge in [0.2, 0.25) is 0 Å². The van der Waals surface area contributed by atoms with Gasteiger partial charge >= 0.3 is 0 Å². The van der Waals surface area contributed by atoms with Crippen LogP contribution in [0.15, 0.2) is 24.0 Å². The maximum atomic E-state index is 4.77. The third kappa shape index (κ3) is 6.93. The number of hydrogen-bond donors (Lipinski definition) is 2. The molecule has 1 unspecified atom stereocenters. The first-order valence-electron chi connectivity index (χ1n) is 9.02. The van der Waals surface area contributed by atoms with Crippen LogP contribution in [0.4, 0.5) is 0 Å². The van der Waals surface area contributed by atoms with Gasteiger partial charge in [0.15, 0.2) is 5.96 Å². The topological polar surface area (TPSA) is 70.4 Å². The van der Waals surface area contributed by atoms with Crippen LogP contribution in [0.5, 0.6) is 0 Å². The van der Waals surface area contributed by atoms with Gasteiger partial charge in [-0.15, -0.1) is 40.8 Å². The van der Waals surface area contributed by atoms with E-state index in [0.717, 1.165) is 44.4 Å². The molecule has 1 aromatic rings. The van der Waals surface area contributed by atoms with Crippen molar-refractivity contribution in [2.75, 3.05) is 32.7 Å². The predicted molar refractivity (Wildman–Crippen MR) is 114 cm³/mol. The molecule has 0 aliphatic carbocycles. The van der Waals surface area contributed by atoms with Crippen LogP contribution in [-0.4, -0.2) is 64.4 Å². The fourth-order valence-corrected chi connectivity index (χ4v) is 3.09. The van der Waals surface area contributed by atoms with Crippen molar-refractivity contribution in [2.45, 2.75) is 45.7 Å². The van der Waals surface area contributed by atoms with Gasteiger partial charge in [0.05, 0.1) is 6.54 Å². The van der Waals surface area contributed by atoms with E-state index in [1.807, 2.05) is 6.08 Å². The summed E-state index contributed by atoms with van der Waals surface area (Å²) in [6.07, 6.45) is 7.05. The SMILES string of the molecule is C=CCNC(=NCC1CCCN1CC)NCCn1cnnc1CC.I. The maximum Gasteiger partial charge on any atom is 0.191 e. The minimum absolute atomic E-state index is 0. The largest absolute Gasteiger partial charge is 0.355 e. The van der Waals surface area contributed by atoms with Crippen LogP contribution >= 0.6 is 24.0 Å². The normalized spacial score (nSPS) is 18.0. The molecule has 0 amide bonds. The summed E-state index contributed by atoms with van der Waals surface area (Å²) in [6, 6.07) is 0.571. The van der Waals surface area contributed by atoms with E-state index in [0.29, 0.717) is 12.6 Å². The molecule has 0 radical (unpaired) electrons. The van der Waals surface area contributed by atoms with E-state index in [1.54, 1.807) is 6.33 Å². The minimum atomic E-state index is 0. The molecular formula is C17H32IN7. The number of rotatable bonds is 9. The first kappa shape index (κ1) is 21.9. The van der Waals surface area contributed by atoms with E-state index in [4.69, 9.17) is 4.99 Å². The van der Waals surface area contributed by atoms with Crippen molar-refractivity contribution in [3.8, 4) is 0 Å². The summed E-state index contributed by atoms with van der Waals surface area (Å²) in [5, 5.41) is 14.8. The molecule has 1 aliphatic rings. The Labute approximate surface area is 168 Å². The molecule has 1 aliphatic heterocycles. The highest BCUT2D eigenvalue weighted by Gasteiger charge is 2.22. The average Bonchev–Trinajstić information content (AvgIpc) is 3.25. The van der Waals surface area contributed by atoms with Crippen LogP contribution in [0.3, 0.4) is 0 Å². The second-order valence-electron chi connectivity index (χ2n) is 6.00. The molecule has 0 saturated carbocycles. The van der Waals surface area contributed by atoms with E-state index in [2.05, 4.69) is 50.7 Å². The summed E-state index contributed by atoms with van der Waals surface area (Å²) in [5.74, 6) is 1.86. The number of aryl methyl sites for hydroxylation is 1. The Balaban J connectivity index is 0.00000312. The number of likely N-dealkylation sites (tertiary alicyclic amines) is 1. The lowest BCUT2D eigenvalue weighted by molar-refractivity contribution is 0.273. The van der Waals surface area contributed by atoms with Crippen molar-refractivity contribution >= 4 is 29.9 Å². The fourth-order valence-electron chi connectivity index (χ4n) is 3.09. The van der Waals surface area contributed by atoms with Crippen molar-refractivity contribution in [1.82, 2.24) is 30.3 Å². The quantitative estimate of drug-likeness (QED) is 0.254. The lowest BCUT2D eigenvalue weighted by Gasteiger charge is -2.21. The van der Waals surface area contributed by atoms with Crippen molar-refractivity contribution in [3.05, 3.63) is 24.8 Å². The summed E-state index contributed by atoms with van der Waals surface area (Å²) in [4.78, 5) is 7.28. The van der Waals surface area contributed by atoms with Crippen LogP contribution in [0.2, 0.25) is 0 Å². The second-order valence-corrected chi connectivity index (χ2v) is 6.00. The molecule has 7 nitrogen and oxygen atoms in total. The third-order valence-electron chi connectivity index (χ3n) is 4.44. The summed E-state index contributed by atoms with van der Waals surface area (Å²) in [6.45, 7) is 13.6. The minimum Gasteiger partial charge on any atom is -0.355 e. The highest BCUT2D eigenvalue weighted by molar-refractivity contribution is 14.0. The van der Waals surface area contributed by atoms with Gasteiger partial charge in [-0.1, -0.05) is 19.9 Å². The van der Waals surface area contributed by atoms with Gasteiger partial charge in [-0.05, 0) is 25.9 Å². The number of halogens is 1. The van der Waals surface area contributed by atoms with Crippen LogP contribution in [0.1, 0.15) is 32.5 Å². The molecule has 1 aromatic heterocycles. The van der Waals surface area contributed by atoms with Gasteiger partial charge in [-0.2, -0.15) is 0 Å². The number of likely N-dealkylation sites (N-methyl/N-ethyl adjacent to an activating group) is 1. The average molecular weight is 461 g/mol. The van der Waals surface area contributed by atoms with Crippen LogP contribution in [0, 0.1) is 0 Å². The van der Waals surface area contributed by atoms with Crippen LogP contribution < -0.4 is 10.6 Å². The van der Waals surface area contributed by atoms with E-state index in [1.165, 1.54) is 19.4 Å². The molecule has 0 bridgehead atoms. The molecule has 8 heteroatoms. The van der Waals surface area contributed by atoms with Crippen LogP contribution in [-0.2, 0) is 13.0 Å². The van der Waals surface area contributed by atoms with E-state index in [-0.39, 0.29) is 24.0 Å². The van der Waals surface area contributed by atoms with Gasteiger partial charge in [0.1, 0.15) is 12.2 Å². The number of nitrogens with one attached hydrogen (secondary N) is 2. The van der Waals surface area contributed by atoms with Gasteiger partial charge in [0, 0.05) is 32.1 Å². The molecule has 25 heavy (non-hydrogen) atoms. The van der Waals surface area contributed by atoms with Gasteiger partial charge in [-0.3, -0.25) is 9.89 Å². The molecule has 1 saturated heterocycles. The zero-order chi connectivity index (χ0) is 17.2. The predicted octanol–water partition coefficient (Wildman–Crippen LogP) is 1.66. The lowest BCUT2D eigenvalue weighted by Crippen LogP contribution is -2.40. The number of nitrogens with zero attached hydrogens (tertiary/aromatic N) is 5. The maximum absolute atomic E-state index is 4.77. The molecule has 1 fully saturated rings. The number of guanidine groups is 1. The Morgan fingerprint density at radius 1 is 1.44 bits per heavy atom. The summed E-state index contributed by atoms with van der Waals surface area (Å²) in [5.41, 5.74) is 0. The fraction of sp³-hybridized carbons (Fsp3) is 0.706. The molecule has 0 spiro atoms. The smallest absolute Gasteiger partial charge is 0.191 e. The standard InChI is InChI=1S/C17H31N7.HI/c1-4-9-18-17(20-13-15-8-7-11-23(15)6-3)19-10-12-24-14-21-22-16(24)5-2;/h4,14-15H,1,5-13H2,2-3H3,(H2,18,19,20);1H. The number of hydrogen-bond acceptors (Lipinski definition) is 4. The van der Waals surface area contributed by atoms with E-state index in [9.17, 15) is 0 Å². The summed E-state index contributed by atoms with van der Waals surface area (Å²) < 4.78 is 2.08. The van der Waals surface area contributed by atoms with Gasteiger partial charge in [0.25, 0.3) is 0 Å². The van der Waals surface area contributed by atoms with Crippen molar-refractivity contribution < 1.29 is 0 Å². The highest BCUT2D eigenvalue weighted by atomic mass is 127. The molecule has 1 atom stereocenters. The van der Waals surface area contributed by atoms with Crippen LogP contribution in [0.25, 0.3) is 0 Å². The molecular weight excluding hydrogens is 429 g/mol. The Morgan fingerprint density at radius 2 is 2.28 bits per heavy atom. The Bertz CT molecular complexity index is 529. The summed E-state index contributed by atoms with van der Waals surface area (Å²) >= 11 is 0. The van der Waals surface area contributed by atoms with Crippen molar-refractivity contribution in [3.63, 3.8) is 0 Å². The first-order valence-corrected chi connectivity index (χ1v) is 9.02. The molecule has 0 aromatic carbocycles. The van der Waals surface area contributed by atoms with E-state index < -0.39 is 0 Å². The third-order valence-corrected chi connectivity index (χ3v) is 4.44. The Kier molecular flexibility index (Phi) is 10.7. The number of aromatic nitrogens is 3. The molecule has 2 heterocycles. The van der Waals surface area contributed by atoms with Gasteiger partial charge < -0.3 is 15.2 Å². The number of aliphatic imine (C=N–C) groups is 1. The first-order chi connectivity index (χ1) is 11.8. The monoisotopic (exact) mass is 461 g/mol. The molecule has 2 N–H and O–H groups in total. The van der Waals surface area contributed by atoms with Crippen molar-refractivity contribution in [2.24, 2.45) is 4.99 Å².